The van der Waals surface area contributed by atoms with Crippen LogP contribution in [-0.4, -0.2) is 43.7 Å². The molecule has 5 heteroatoms. The molecular formula is C15H22N2O3. The van der Waals surface area contributed by atoms with Crippen LogP contribution in [-0.2, 0) is 9.53 Å². The van der Waals surface area contributed by atoms with E-state index in [1.54, 1.807) is 12.1 Å². The Hall–Kier alpha value is -1.75. The summed E-state index contributed by atoms with van der Waals surface area (Å²) in [6, 6.07) is 7.20. The maximum Gasteiger partial charge on any atom is 0.260 e. The van der Waals surface area contributed by atoms with Crippen molar-refractivity contribution in [2.75, 3.05) is 38.6 Å². The fraction of sp³-hybridized carbons (Fsp3) is 0.533. The largest absolute Gasteiger partial charge is 0.482 e. The number of amides is 1. The maximum absolute atomic E-state index is 12.2. The minimum absolute atomic E-state index is 0.0114. The van der Waals surface area contributed by atoms with E-state index in [0.29, 0.717) is 23.9 Å². The topological polar surface area (TPSA) is 64.8 Å². The van der Waals surface area contributed by atoms with E-state index in [1.807, 2.05) is 24.0 Å². The molecule has 1 saturated heterocycles. The zero-order chi connectivity index (χ0) is 14.4. The molecule has 1 fully saturated rings. The van der Waals surface area contributed by atoms with Gasteiger partial charge in [0.05, 0.1) is 12.3 Å². The van der Waals surface area contributed by atoms with Gasteiger partial charge < -0.3 is 20.1 Å². The number of hydrogen-bond acceptors (Lipinski definition) is 4. The molecule has 5 nitrogen and oxygen atoms in total. The predicted octanol–water partition coefficient (Wildman–Crippen LogP) is 1.53. The van der Waals surface area contributed by atoms with Crippen LogP contribution in [0.1, 0.15) is 13.3 Å². The molecule has 0 spiro atoms. The summed E-state index contributed by atoms with van der Waals surface area (Å²) in [5.74, 6) is 0.990. The van der Waals surface area contributed by atoms with Gasteiger partial charge in [-0.15, -0.1) is 0 Å². The average Bonchev–Trinajstić information content (AvgIpc) is 2.96. The van der Waals surface area contributed by atoms with Crippen LogP contribution in [0.2, 0.25) is 0 Å². The van der Waals surface area contributed by atoms with E-state index in [4.69, 9.17) is 15.2 Å². The molecule has 110 valence electrons. The van der Waals surface area contributed by atoms with Gasteiger partial charge in [0.2, 0.25) is 0 Å². The molecule has 0 aliphatic carbocycles. The van der Waals surface area contributed by atoms with Crippen LogP contribution >= 0.6 is 0 Å². The molecular weight excluding hydrogens is 256 g/mol. The molecule has 2 rings (SSSR count). The van der Waals surface area contributed by atoms with Gasteiger partial charge in [-0.25, -0.2) is 0 Å². The smallest absolute Gasteiger partial charge is 0.260 e. The lowest BCUT2D eigenvalue weighted by atomic mass is 10.1. The standard InChI is InChI=1S/C15H22N2O3/c1-2-17(9-12-7-8-19-10-12)15(18)11-20-14-6-4-3-5-13(14)16/h3-6,12H,2,7-11,16H2,1H3. The van der Waals surface area contributed by atoms with Crippen LogP contribution in [0.25, 0.3) is 0 Å². The number of ether oxygens (including phenoxy) is 2. The van der Waals surface area contributed by atoms with E-state index in [-0.39, 0.29) is 12.5 Å². The summed E-state index contributed by atoms with van der Waals surface area (Å²) in [5.41, 5.74) is 6.33. The van der Waals surface area contributed by atoms with Crippen LogP contribution in [0.3, 0.4) is 0 Å². The van der Waals surface area contributed by atoms with Gasteiger partial charge in [-0.1, -0.05) is 12.1 Å². The molecule has 1 unspecified atom stereocenters. The molecule has 2 N–H and O–H groups in total. The van der Waals surface area contributed by atoms with Crippen molar-refractivity contribution in [3.05, 3.63) is 24.3 Å². The van der Waals surface area contributed by atoms with Crippen LogP contribution in [0.4, 0.5) is 5.69 Å². The van der Waals surface area contributed by atoms with Crippen molar-refractivity contribution in [1.29, 1.82) is 0 Å². The fourth-order valence-corrected chi connectivity index (χ4v) is 2.29. The first-order valence-electron chi connectivity index (χ1n) is 7.03. The number of carbonyl (C=O) groups excluding carboxylic acids is 1. The number of para-hydroxylation sites is 2. The van der Waals surface area contributed by atoms with E-state index >= 15 is 0 Å². The first-order chi connectivity index (χ1) is 9.70. The Morgan fingerprint density at radius 3 is 2.95 bits per heavy atom. The molecule has 0 radical (unpaired) electrons. The lowest BCUT2D eigenvalue weighted by Crippen LogP contribution is -2.38. The molecule has 1 atom stereocenters. The highest BCUT2D eigenvalue weighted by molar-refractivity contribution is 5.78. The summed E-state index contributed by atoms with van der Waals surface area (Å²) in [5, 5.41) is 0. The first kappa shape index (κ1) is 14.7. The Labute approximate surface area is 119 Å². The predicted molar refractivity (Wildman–Crippen MR) is 77.5 cm³/mol. The number of rotatable bonds is 6. The summed E-state index contributed by atoms with van der Waals surface area (Å²) in [6.07, 6.45) is 1.02. The van der Waals surface area contributed by atoms with Gasteiger partial charge in [-0.2, -0.15) is 0 Å². The third-order valence-electron chi connectivity index (χ3n) is 3.51. The van der Waals surface area contributed by atoms with Gasteiger partial charge in [0.1, 0.15) is 5.75 Å². The molecule has 1 amide bonds. The first-order valence-corrected chi connectivity index (χ1v) is 7.03. The van der Waals surface area contributed by atoms with Crippen molar-refractivity contribution in [3.8, 4) is 5.75 Å². The van der Waals surface area contributed by atoms with Crippen molar-refractivity contribution >= 4 is 11.6 Å². The van der Waals surface area contributed by atoms with Crippen molar-refractivity contribution < 1.29 is 14.3 Å². The highest BCUT2D eigenvalue weighted by atomic mass is 16.5. The summed E-state index contributed by atoms with van der Waals surface area (Å²) in [7, 11) is 0. The van der Waals surface area contributed by atoms with Crippen molar-refractivity contribution in [2.45, 2.75) is 13.3 Å². The van der Waals surface area contributed by atoms with E-state index in [1.165, 1.54) is 0 Å². The zero-order valence-electron chi connectivity index (χ0n) is 11.9. The van der Waals surface area contributed by atoms with Gasteiger partial charge in [-0.05, 0) is 25.5 Å². The molecule has 0 aromatic heterocycles. The quantitative estimate of drug-likeness (QED) is 0.802. The van der Waals surface area contributed by atoms with Crippen molar-refractivity contribution in [3.63, 3.8) is 0 Å². The Bertz CT molecular complexity index is 444. The maximum atomic E-state index is 12.2. The molecule has 1 aromatic carbocycles. The molecule has 20 heavy (non-hydrogen) atoms. The van der Waals surface area contributed by atoms with E-state index in [9.17, 15) is 4.79 Å². The van der Waals surface area contributed by atoms with Gasteiger partial charge >= 0.3 is 0 Å². The number of nitrogen functional groups attached to an aromatic ring is 1. The minimum Gasteiger partial charge on any atom is -0.482 e. The van der Waals surface area contributed by atoms with Gasteiger partial charge in [-0.3, -0.25) is 4.79 Å². The highest BCUT2D eigenvalue weighted by Crippen LogP contribution is 2.20. The Morgan fingerprint density at radius 2 is 2.30 bits per heavy atom. The Morgan fingerprint density at radius 1 is 1.50 bits per heavy atom. The van der Waals surface area contributed by atoms with Crippen LogP contribution in [0.15, 0.2) is 24.3 Å². The lowest BCUT2D eigenvalue weighted by molar-refractivity contribution is -0.133. The number of nitrogens with zero attached hydrogens (tertiary/aromatic N) is 1. The second kappa shape index (κ2) is 7.14. The molecule has 0 bridgehead atoms. The second-order valence-electron chi connectivity index (χ2n) is 4.99. The summed E-state index contributed by atoms with van der Waals surface area (Å²) >= 11 is 0. The third-order valence-corrected chi connectivity index (χ3v) is 3.51. The van der Waals surface area contributed by atoms with Crippen molar-refractivity contribution in [1.82, 2.24) is 4.90 Å². The molecule has 1 heterocycles. The number of nitrogens with two attached hydrogens (primary N) is 1. The number of anilines is 1. The van der Waals surface area contributed by atoms with Crippen LogP contribution < -0.4 is 10.5 Å². The number of carbonyl (C=O) groups is 1. The number of likely N-dealkylation sites (N-methyl/N-ethyl adjacent to an activating group) is 1. The number of benzene rings is 1. The average molecular weight is 278 g/mol. The molecule has 1 aromatic rings. The molecule has 0 saturated carbocycles. The highest BCUT2D eigenvalue weighted by Gasteiger charge is 2.21. The summed E-state index contributed by atoms with van der Waals surface area (Å²) in [4.78, 5) is 14.0. The van der Waals surface area contributed by atoms with Gasteiger partial charge in [0.15, 0.2) is 6.61 Å². The lowest BCUT2D eigenvalue weighted by Gasteiger charge is -2.23. The molecule has 1 aliphatic heterocycles. The normalized spacial score (nSPS) is 17.9. The zero-order valence-corrected chi connectivity index (χ0v) is 11.9. The number of hydrogen-bond donors (Lipinski definition) is 1. The van der Waals surface area contributed by atoms with Crippen LogP contribution in [0, 0.1) is 5.92 Å². The summed E-state index contributed by atoms with van der Waals surface area (Å²) in [6.45, 7) is 4.97. The Kier molecular flexibility index (Phi) is 5.24. The van der Waals surface area contributed by atoms with E-state index < -0.39 is 0 Å². The minimum atomic E-state index is -0.0114. The van der Waals surface area contributed by atoms with Crippen LogP contribution in [0.5, 0.6) is 5.75 Å². The van der Waals surface area contributed by atoms with Gasteiger partial charge in [0.25, 0.3) is 5.91 Å². The fourth-order valence-electron chi connectivity index (χ4n) is 2.29. The monoisotopic (exact) mass is 278 g/mol. The van der Waals surface area contributed by atoms with E-state index in [0.717, 1.165) is 26.2 Å². The van der Waals surface area contributed by atoms with Gasteiger partial charge in [0, 0.05) is 25.6 Å². The molecule has 1 aliphatic rings. The summed E-state index contributed by atoms with van der Waals surface area (Å²) < 4.78 is 10.8. The van der Waals surface area contributed by atoms with E-state index in [2.05, 4.69) is 0 Å². The van der Waals surface area contributed by atoms with Crippen molar-refractivity contribution in [2.24, 2.45) is 5.92 Å². The second-order valence-corrected chi connectivity index (χ2v) is 4.99. The Balaban J connectivity index is 1.84. The SMILES string of the molecule is CCN(CC1CCOC1)C(=O)COc1ccccc1N. The third kappa shape index (κ3) is 3.87.